The number of nitrogens with one attached hydrogen (secondary N) is 1. The van der Waals surface area contributed by atoms with Crippen molar-refractivity contribution < 1.29 is 9.90 Å². The number of carboxylic acids is 1. The predicted octanol–water partition coefficient (Wildman–Crippen LogP) is 3.12. The lowest BCUT2D eigenvalue weighted by atomic mass is 10.0. The number of rotatable bonds is 5. The number of pyridine rings is 1. The SMILES string of the molecule is CCC(C)C(C)Nc1nc2c(cc1C(=O)O)CCC2. The van der Waals surface area contributed by atoms with Crippen LogP contribution in [0.4, 0.5) is 5.82 Å². The summed E-state index contributed by atoms with van der Waals surface area (Å²) in [6.07, 6.45) is 4.04. The number of hydrogen-bond donors (Lipinski definition) is 2. The van der Waals surface area contributed by atoms with Crippen LogP contribution in [0.1, 0.15) is 55.2 Å². The zero-order valence-electron chi connectivity index (χ0n) is 11.9. The highest BCUT2D eigenvalue weighted by Gasteiger charge is 2.21. The third kappa shape index (κ3) is 2.88. The van der Waals surface area contributed by atoms with E-state index in [9.17, 15) is 9.90 Å². The second-order valence-corrected chi connectivity index (χ2v) is 5.47. The van der Waals surface area contributed by atoms with E-state index in [0.29, 0.717) is 17.3 Å². The molecule has 0 aliphatic heterocycles. The van der Waals surface area contributed by atoms with Crippen LogP contribution >= 0.6 is 0 Å². The van der Waals surface area contributed by atoms with Crippen LogP contribution in [0.3, 0.4) is 0 Å². The molecule has 2 N–H and O–H groups in total. The number of fused-ring (bicyclic) bond motifs is 1. The number of aromatic nitrogens is 1. The van der Waals surface area contributed by atoms with Gasteiger partial charge >= 0.3 is 5.97 Å². The molecule has 1 aromatic rings. The number of anilines is 1. The Morgan fingerprint density at radius 1 is 1.47 bits per heavy atom. The maximum atomic E-state index is 11.4. The maximum Gasteiger partial charge on any atom is 0.339 e. The van der Waals surface area contributed by atoms with Crippen LogP contribution in [0.5, 0.6) is 0 Å². The van der Waals surface area contributed by atoms with Crippen LogP contribution in [0.15, 0.2) is 6.07 Å². The van der Waals surface area contributed by atoms with Gasteiger partial charge in [0, 0.05) is 11.7 Å². The molecule has 0 saturated heterocycles. The van der Waals surface area contributed by atoms with Gasteiger partial charge in [0.2, 0.25) is 0 Å². The predicted molar refractivity (Wildman–Crippen MR) is 75.8 cm³/mol. The van der Waals surface area contributed by atoms with Gasteiger partial charge in [0.15, 0.2) is 0 Å². The number of hydrogen-bond acceptors (Lipinski definition) is 3. The summed E-state index contributed by atoms with van der Waals surface area (Å²) in [5.74, 6) is 0.110. The van der Waals surface area contributed by atoms with Crippen LogP contribution in [0, 0.1) is 5.92 Å². The molecule has 0 saturated carbocycles. The zero-order chi connectivity index (χ0) is 14.0. The molecule has 0 fully saturated rings. The van der Waals surface area contributed by atoms with Crippen molar-refractivity contribution in [3.63, 3.8) is 0 Å². The fourth-order valence-corrected chi connectivity index (χ4v) is 2.46. The monoisotopic (exact) mass is 262 g/mol. The van der Waals surface area contributed by atoms with Crippen molar-refractivity contribution in [2.24, 2.45) is 5.92 Å². The summed E-state index contributed by atoms with van der Waals surface area (Å²) in [5.41, 5.74) is 2.46. The summed E-state index contributed by atoms with van der Waals surface area (Å²) >= 11 is 0. The first-order valence-corrected chi connectivity index (χ1v) is 7.05. The fourth-order valence-electron chi connectivity index (χ4n) is 2.46. The van der Waals surface area contributed by atoms with Crippen LogP contribution in [0.2, 0.25) is 0 Å². The molecular weight excluding hydrogens is 240 g/mol. The lowest BCUT2D eigenvalue weighted by molar-refractivity contribution is 0.0697. The summed E-state index contributed by atoms with van der Waals surface area (Å²) in [6.45, 7) is 6.37. The van der Waals surface area contributed by atoms with E-state index >= 15 is 0 Å². The van der Waals surface area contributed by atoms with Gasteiger partial charge in [-0.15, -0.1) is 0 Å². The smallest absolute Gasteiger partial charge is 0.339 e. The molecule has 0 bridgehead atoms. The van der Waals surface area contributed by atoms with Gasteiger partial charge < -0.3 is 10.4 Å². The van der Waals surface area contributed by atoms with Gasteiger partial charge in [0.05, 0.1) is 0 Å². The van der Waals surface area contributed by atoms with Crippen molar-refractivity contribution in [3.8, 4) is 0 Å². The summed E-state index contributed by atoms with van der Waals surface area (Å²) < 4.78 is 0. The molecule has 1 aliphatic rings. The molecule has 104 valence electrons. The minimum Gasteiger partial charge on any atom is -0.478 e. The van der Waals surface area contributed by atoms with Crippen molar-refractivity contribution >= 4 is 11.8 Å². The topological polar surface area (TPSA) is 62.2 Å². The van der Waals surface area contributed by atoms with Gasteiger partial charge in [-0.3, -0.25) is 0 Å². The van der Waals surface area contributed by atoms with Crippen LogP contribution in [-0.2, 0) is 12.8 Å². The molecule has 4 heteroatoms. The molecule has 1 heterocycles. The minimum absolute atomic E-state index is 0.218. The number of carbonyl (C=O) groups is 1. The molecular formula is C15H22N2O2. The Hall–Kier alpha value is -1.58. The number of aryl methyl sites for hydroxylation is 2. The van der Waals surface area contributed by atoms with Crippen molar-refractivity contribution in [2.45, 2.75) is 52.5 Å². The first-order chi connectivity index (χ1) is 9.02. The average Bonchev–Trinajstić information content (AvgIpc) is 2.83. The highest BCUT2D eigenvalue weighted by atomic mass is 16.4. The number of carboxylic acid groups (broad SMARTS) is 1. The quantitative estimate of drug-likeness (QED) is 0.856. The number of aromatic carboxylic acids is 1. The molecule has 4 nitrogen and oxygen atoms in total. The summed E-state index contributed by atoms with van der Waals surface area (Å²) in [7, 11) is 0. The summed E-state index contributed by atoms with van der Waals surface area (Å²) in [5, 5.41) is 12.6. The van der Waals surface area contributed by atoms with E-state index in [4.69, 9.17) is 0 Å². The lowest BCUT2D eigenvalue weighted by Gasteiger charge is -2.22. The average molecular weight is 262 g/mol. The van der Waals surface area contributed by atoms with Crippen molar-refractivity contribution in [1.82, 2.24) is 4.98 Å². The standard InChI is InChI=1S/C15H22N2O2/c1-4-9(2)10(3)16-14-12(15(18)19)8-11-6-5-7-13(11)17-14/h8-10H,4-7H2,1-3H3,(H,16,17)(H,18,19). The Labute approximate surface area is 114 Å². The van der Waals surface area contributed by atoms with E-state index in [0.717, 1.165) is 36.9 Å². The molecule has 0 amide bonds. The van der Waals surface area contributed by atoms with Crippen molar-refractivity contribution in [3.05, 3.63) is 22.9 Å². The molecule has 0 aromatic carbocycles. The molecule has 2 atom stereocenters. The van der Waals surface area contributed by atoms with E-state index in [1.165, 1.54) is 0 Å². The van der Waals surface area contributed by atoms with Gasteiger partial charge in [0.1, 0.15) is 11.4 Å². The normalized spacial score (nSPS) is 16.8. The molecule has 1 aromatic heterocycles. The van der Waals surface area contributed by atoms with Crippen LogP contribution in [0.25, 0.3) is 0 Å². The molecule has 0 radical (unpaired) electrons. The van der Waals surface area contributed by atoms with Gasteiger partial charge in [-0.2, -0.15) is 0 Å². The summed E-state index contributed by atoms with van der Waals surface area (Å²) in [6, 6.07) is 2.01. The third-order valence-electron chi connectivity index (χ3n) is 4.14. The van der Waals surface area contributed by atoms with Gasteiger partial charge in [-0.25, -0.2) is 9.78 Å². The molecule has 2 rings (SSSR count). The van der Waals surface area contributed by atoms with Crippen molar-refractivity contribution in [1.29, 1.82) is 0 Å². The molecule has 2 unspecified atom stereocenters. The summed E-state index contributed by atoms with van der Waals surface area (Å²) in [4.78, 5) is 15.9. The van der Waals surface area contributed by atoms with Crippen LogP contribution in [-0.4, -0.2) is 22.1 Å². The Kier molecular flexibility index (Phi) is 4.08. The molecule has 0 spiro atoms. The van der Waals surface area contributed by atoms with Crippen LogP contribution < -0.4 is 5.32 Å². The molecule has 19 heavy (non-hydrogen) atoms. The number of nitrogens with zero attached hydrogens (tertiary/aromatic N) is 1. The first-order valence-electron chi connectivity index (χ1n) is 7.05. The van der Waals surface area contributed by atoms with E-state index in [2.05, 4.69) is 31.1 Å². The first kappa shape index (κ1) is 13.8. The lowest BCUT2D eigenvalue weighted by Crippen LogP contribution is -2.25. The van der Waals surface area contributed by atoms with E-state index in [1.54, 1.807) is 6.07 Å². The van der Waals surface area contributed by atoms with Gasteiger partial charge in [0.25, 0.3) is 0 Å². The van der Waals surface area contributed by atoms with E-state index in [1.807, 2.05) is 0 Å². The maximum absolute atomic E-state index is 11.4. The van der Waals surface area contributed by atoms with Gasteiger partial charge in [-0.05, 0) is 43.7 Å². The minimum atomic E-state index is -0.902. The Morgan fingerprint density at radius 3 is 2.84 bits per heavy atom. The van der Waals surface area contributed by atoms with E-state index < -0.39 is 5.97 Å². The highest BCUT2D eigenvalue weighted by Crippen LogP contribution is 2.26. The zero-order valence-corrected chi connectivity index (χ0v) is 11.9. The Morgan fingerprint density at radius 2 is 2.21 bits per heavy atom. The van der Waals surface area contributed by atoms with E-state index in [-0.39, 0.29) is 6.04 Å². The van der Waals surface area contributed by atoms with Crippen molar-refractivity contribution in [2.75, 3.05) is 5.32 Å². The fraction of sp³-hybridized carbons (Fsp3) is 0.600. The van der Waals surface area contributed by atoms with Gasteiger partial charge in [-0.1, -0.05) is 20.3 Å². The Balaban J connectivity index is 2.30. The molecule has 1 aliphatic carbocycles. The Bertz CT molecular complexity index is 485. The largest absolute Gasteiger partial charge is 0.478 e. The second-order valence-electron chi connectivity index (χ2n) is 5.47. The third-order valence-corrected chi connectivity index (χ3v) is 4.14. The second kappa shape index (κ2) is 5.59. The highest BCUT2D eigenvalue weighted by molar-refractivity contribution is 5.93.